The largest absolute Gasteiger partial charge is 0.439 e. The summed E-state index contributed by atoms with van der Waals surface area (Å²) in [4.78, 5) is 21.9. The second-order valence-corrected chi connectivity index (χ2v) is 7.53. The molecule has 11 heteroatoms. The summed E-state index contributed by atoms with van der Waals surface area (Å²) in [5.74, 6) is 1.11. The van der Waals surface area contributed by atoms with Crippen LogP contribution >= 0.6 is 46.4 Å². The highest BCUT2D eigenvalue weighted by Crippen LogP contribution is 2.34. The summed E-state index contributed by atoms with van der Waals surface area (Å²) in [6.07, 6.45) is 0. The molecule has 3 rings (SSSR count). The number of hydroxylamine groups is 2. The van der Waals surface area contributed by atoms with Gasteiger partial charge >= 0.3 is 6.03 Å². The molecule has 1 aromatic heterocycles. The van der Waals surface area contributed by atoms with Gasteiger partial charge in [-0.05, 0) is 18.2 Å². The van der Waals surface area contributed by atoms with Crippen molar-refractivity contribution in [3.05, 3.63) is 68.6 Å². The first-order valence-corrected chi connectivity index (χ1v) is 9.80. The molecule has 0 bridgehead atoms. The number of anilines is 2. The van der Waals surface area contributed by atoms with Crippen LogP contribution in [0.2, 0.25) is 20.1 Å². The lowest BCUT2D eigenvalue weighted by atomic mass is 10.3. The molecule has 3 aromatic rings. The highest BCUT2D eigenvalue weighted by atomic mass is 35.5. The number of rotatable bonds is 5. The molecule has 0 aliphatic rings. The van der Waals surface area contributed by atoms with Crippen molar-refractivity contribution in [2.45, 2.75) is 0 Å². The molecule has 0 atom stereocenters. The zero-order valence-corrected chi connectivity index (χ0v) is 18.4. The minimum absolute atomic E-state index is 0.200. The van der Waals surface area contributed by atoms with Crippen LogP contribution in [0.3, 0.4) is 0 Å². The Balaban J connectivity index is 1.67. The normalized spacial score (nSPS) is 10.4. The Kier molecular flexibility index (Phi) is 6.99. The number of benzene rings is 2. The number of hydrogen-bond donors (Lipinski definition) is 2. The SMILES string of the molecule is CN(Oc1cc(Cl)c(Cl)c(Cl)c1)C(=O)Nc1cccc(Oc2cc(Cl)cc(N)n2)c1. The number of halogens is 4. The molecular formula is C19H14Cl4N4O3. The minimum atomic E-state index is -0.556. The second-order valence-electron chi connectivity index (χ2n) is 5.90. The number of nitrogens with zero attached hydrogens (tertiary/aromatic N) is 2. The van der Waals surface area contributed by atoms with Crippen LogP contribution in [0.15, 0.2) is 48.5 Å². The van der Waals surface area contributed by atoms with Gasteiger partial charge < -0.3 is 20.6 Å². The van der Waals surface area contributed by atoms with Gasteiger partial charge in [0.05, 0.1) is 22.1 Å². The van der Waals surface area contributed by atoms with Crippen LogP contribution < -0.4 is 20.6 Å². The quantitative estimate of drug-likeness (QED) is 0.315. The summed E-state index contributed by atoms with van der Waals surface area (Å²) in [5, 5.41) is 4.64. The Hall–Kier alpha value is -2.58. The van der Waals surface area contributed by atoms with E-state index in [0.29, 0.717) is 16.5 Å². The third-order valence-electron chi connectivity index (χ3n) is 3.58. The first-order valence-electron chi connectivity index (χ1n) is 8.29. The highest BCUT2D eigenvalue weighted by molar-refractivity contribution is 6.48. The topological polar surface area (TPSA) is 89.7 Å². The number of amides is 2. The van der Waals surface area contributed by atoms with E-state index in [4.69, 9.17) is 61.7 Å². The van der Waals surface area contributed by atoms with Crippen molar-refractivity contribution in [3.8, 4) is 17.4 Å². The van der Waals surface area contributed by atoms with Crippen molar-refractivity contribution in [1.82, 2.24) is 10.0 Å². The van der Waals surface area contributed by atoms with E-state index >= 15 is 0 Å². The molecule has 0 spiro atoms. The number of carbonyl (C=O) groups is 1. The Morgan fingerprint density at radius 2 is 1.73 bits per heavy atom. The van der Waals surface area contributed by atoms with Gasteiger partial charge in [0.15, 0.2) is 5.75 Å². The van der Waals surface area contributed by atoms with E-state index in [1.54, 1.807) is 24.3 Å². The first-order chi connectivity index (χ1) is 14.2. The average molecular weight is 488 g/mol. The van der Waals surface area contributed by atoms with E-state index in [-0.39, 0.29) is 32.5 Å². The Morgan fingerprint density at radius 3 is 2.40 bits per heavy atom. The van der Waals surface area contributed by atoms with Crippen LogP contribution in [0.5, 0.6) is 17.4 Å². The number of urea groups is 1. The first kappa shape index (κ1) is 22.1. The molecular weight excluding hydrogens is 474 g/mol. The van der Waals surface area contributed by atoms with Crippen molar-refractivity contribution < 1.29 is 14.4 Å². The van der Waals surface area contributed by atoms with Gasteiger partial charge in [-0.25, -0.2) is 4.79 Å². The maximum atomic E-state index is 12.4. The van der Waals surface area contributed by atoms with Crippen molar-refractivity contribution in [2.24, 2.45) is 0 Å². The predicted molar refractivity (Wildman–Crippen MR) is 119 cm³/mol. The number of pyridine rings is 1. The van der Waals surface area contributed by atoms with Gasteiger partial charge in [0, 0.05) is 35.0 Å². The molecule has 0 aliphatic heterocycles. The van der Waals surface area contributed by atoms with Gasteiger partial charge in [0.1, 0.15) is 11.6 Å². The molecule has 0 aliphatic carbocycles. The molecule has 156 valence electrons. The summed E-state index contributed by atoms with van der Waals surface area (Å²) in [5.41, 5.74) is 6.11. The summed E-state index contributed by atoms with van der Waals surface area (Å²) >= 11 is 23.8. The minimum Gasteiger partial charge on any atom is -0.439 e. The monoisotopic (exact) mass is 486 g/mol. The molecule has 30 heavy (non-hydrogen) atoms. The molecule has 0 radical (unpaired) electrons. The van der Waals surface area contributed by atoms with E-state index in [0.717, 1.165) is 5.06 Å². The van der Waals surface area contributed by atoms with Crippen molar-refractivity contribution in [1.29, 1.82) is 0 Å². The lowest BCUT2D eigenvalue weighted by Gasteiger charge is -2.19. The molecule has 1 heterocycles. The van der Waals surface area contributed by atoms with E-state index in [1.165, 1.54) is 31.3 Å². The lowest BCUT2D eigenvalue weighted by Crippen LogP contribution is -2.34. The van der Waals surface area contributed by atoms with E-state index in [2.05, 4.69) is 10.3 Å². The van der Waals surface area contributed by atoms with Crippen molar-refractivity contribution in [2.75, 3.05) is 18.1 Å². The maximum absolute atomic E-state index is 12.4. The summed E-state index contributed by atoms with van der Waals surface area (Å²) in [7, 11) is 1.42. The fourth-order valence-corrected chi connectivity index (χ4v) is 3.07. The standard InChI is InChI=1S/C19H14Cl4N4O3/c1-27(30-13-8-14(21)18(23)15(22)9-13)19(28)25-11-3-2-4-12(7-11)29-17-6-10(20)5-16(24)26-17/h2-9H,1H3,(H2,24,26)(H,25,28). The average Bonchev–Trinajstić information content (AvgIpc) is 2.65. The van der Waals surface area contributed by atoms with Crippen molar-refractivity contribution >= 4 is 63.9 Å². The van der Waals surface area contributed by atoms with Gasteiger partial charge in [-0.15, -0.1) is 0 Å². The third-order valence-corrected chi connectivity index (χ3v) is 4.99. The van der Waals surface area contributed by atoms with Gasteiger partial charge in [-0.3, -0.25) is 0 Å². The number of ether oxygens (including phenoxy) is 1. The molecule has 2 aromatic carbocycles. The Bertz CT molecular complexity index is 1050. The molecule has 2 amide bonds. The number of nitrogens with two attached hydrogens (primary N) is 1. The second kappa shape index (κ2) is 9.49. The van der Waals surface area contributed by atoms with Crippen LogP contribution in [0.25, 0.3) is 0 Å². The molecule has 7 nitrogen and oxygen atoms in total. The summed E-state index contributed by atoms with van der Waals surface area (Å²) in [6, 6.07) is 12.0. The van der Waals surface area contributed by atoms with Crippen molar-refractivity contribution in [3.63, 3.8) is 0 Å². The van der Waals surface area contributed by atoms with Crippen LogP contribution in [0.4, 0.5) is 16.3 Å². The van der Waals surface area contributed by atoms with E-state index < -0.39 is 6.03 Å². The predicted octanol–water partition coefficient (Wildman–Crippen LogP) is 6.53. The van der Waals surface area contributed by atoms with Crippen LogP contribution in [-0.2, 0) is 0 Å². The lowest BCUT2D eigenvalue weighted by molar-refractivity contribution is 0.0189. The number of nitrogens with one attached hydrogen (secondary N) is 1. The summed E-state index contributed by atoms with van der Waals surface area (Å²) in [6.45, 7) is 0. The molecule has 3 N–H and O–H groups in total. The zero-order valence-electron chi connectivity index (χ0n) is 15.3. The van der Waals surface area contributed by atoms with Gasteiger partial charge in [-0.2, -0.15) is 10.0 Å². The van der Waals surface area contributed by atoms with Gasteiger partial charge in [-0.1, -0.05) is 52.5 Å². The Morgan fingerprint density at radius 1 is 1.03 bits per heavy atom. The van der Waals surface area contributed by atoms with Gasteiger partial charge in [0.25, 0.3) is 0 Å². The molecule has 0 unspecified atom stereocenters. The number of hydrogen-bond acceptors (Lipinski definition) is 5. The maximum Gasteiger partial charge on any atom is 0.354 e. The van der Waals surface area contributed by atoms with Gasteiger partial charge in [0.2, 0.25) is 5.88 Å². The number of aromatic nitrogens is 1. The van der Waals surface area contributed by atoms with E-state index in [9.17, 15) is 4.79 Å². The number of carbonyl (C=O) groups excluding carboxylic acids is 1. The van der Waals surface area contributed by atoms with Crippen LogP contribution in [0, 0.1) is 0 Å². The smallest absolute Gasteiger partial charge is 0.354 e. The molecule has 0 fully saturated rings. The third kappa shape index (κ3) is 5.73. The summed E-state index contributed by atoms with van der Waals surface area (Å²) < 4.78 is 5.64. The highest BCUT2D eigenvalue weighted by Gasteiger charge is 2.14. The fraction of sp³-hybridized carbons (Fsp3) is 0.0526. The molecule has 0 saturated heterocycles. The van der Waals surface area contributed by atoms with Crippen LogP contribution in [-0.4, -0.2) is 23.1 Å². The van der Waals surface area contributed by atoms with Crippen LogP contribution in [0.1, 0.15) is 0 Å². The Labute approximate surface area is 192 Å². The fourth-order valence-electron chi connectivity index (χ4n) is 2.29. The zero-order chi connectivity index (χ0) is 21.8. The molecule has 0 saturated carbocycles. The van der Waals surface area contributed by atoms with E-state index in [1.807, 2.05) is 0 Å². The number of nitrogen functional groups attached to an aromatic ring is 1.